The minimum atomic E-state index is -0.987. The van der Waals surface area contributed by atoms with Gasteiger partial charge in [0.15, 0.2) is 0 Å². The molecule has 2 rings (SSSR count). The van der Waals surface area contributed by atoms with Crippen LogP contribution in [0, 0.1) is 0 Å². The van der Waals surface area contributed by atoms with Crippen LogP contribution < -0.4 is 0 Å². The molecule has 1 fully saturated rings. The van der Waals surface area contributed by atoms with E-state index < -0.39 is 24.1 Å². The lowest BCUT2D eigenvalue weighted by atomic mass is 9.91. The van der Waals surface area contributed by atoms with Crippen LogP contribution in [0.15, 0.2) is 54.6 Å². The number of carbonyl (C=O) groups is 2. The summed E-state index contributed by atoms with van der Waals surface area (Å²) in [5, 5.41) is 9.37. The van der Waals surface area contributed by atoms with E-state index in [2.05, 4.69) is 6.58 Å². The Morgan fingerprint density at radius 2 is 1.97 bits per heavy atom. The van der Waals surface area contributed by atoms with Crippen molar-refractivity contribution >= 4 is 11.9 Å². The fraction of sp³-hybridized carbons (Fsp3) is 0.478. The van der Waals surface area contributed by atoms with Gasteiger partial charge in [-0.05, 0) is 44.7 Å². The SMILES string of the molecule is C=CC[C@@H]1C/C(=C\C(=O)OC(C)C)[C@@H](O[C@H](C)c2ccccc2)[C@@H](CC(=O)O)O1. The summed E-state index contributed by atoms with van der Waals surface area (Å²) in [5.41, 5.74) is 1.64. The van der Waals surface area contributed by atoms with Gasteiger partial charge in [0.25, 0.3) is 0 Å². The van der Waals surface area contributed by atoms with Crippen molar-refractivity contribution in [2.24, 2.45) is 0 Å². The number of ether oxygens (including phenoxy) is 3. The van der Waals surface area contributed by atoms with Crippen LogP contribution in [0.5, 0.6) is 0 Å². The molecular formula is C23H30O6. The molecule has 158 valence electrons. The maximum absolute atomic E-state index is 12.3. The van der Waals surface area contributed by atoms with Crippen molar-refractivity contribution in [2.75, 3.05) is 0 Å². The third-order valence-electron chi connectivity index (χ3n) is 4.61. The summed E-state index contributed by atoms with van der Waals surface area (Å²) in [6, 6.07) is 9.63. The number of hydrogen-bond acceptors (Lipinski definition) is 5. The Labute approximate surface area is 172 Å². The topological polar surface area (TPSA) is 82.1 Å². The van der Waals surface area contributed by atoms with E-state index in [9.17, 15) is 14.7 Å². The first-order valence-electron chi connectivity index (χ1n) is 9.89. The van der Waals surface area contributed by atoms with Crippen LogP contribution >= 0.6 is 0 Å². The predicted octanol–water partition coefficient (Wildman–Crippen LogP) is 4.22. The maximum Gasteiger partial charge on any atom is 0.331 e. The smallest absolute Gasteiger partial charge is 0.331 e. The molecule has 29 heavy (non-hydrogen) atoms. The summed E-state index contributed by atoms with van der Waals surface area (Å²) < 4.78 is 17.5. The number of aliphatic carboxylic acids is 1. The third kappa shape index (κ3) is 7.15. The van der Waals surface area contributed by atoms with E-state index in [0.717, 1.165) is 5.56 Å². The van der Waals surface area contributed by atoms with Gasteiger partial charge in [-0.2, -0.15) is 0 Å². The fourth-order valence-electron chi connectivity index (χ4n) is 3.39. The van der Waals surface area contributed by atoms with E-state index in [1.54, 1.807) is 19.9 Å². The van der Waals surface area contributed by atoms with Crippen LogP contribution in [0.3, 0.4) is 0 Å². The molecule has 1 N–H and O–H groups in total. The summed E-state index contributed by atoms with van der Waals surface area (Å²) >= 11 is 0. The van der Waals surface area contributed by atoms with E-state index in [1.165, 1.54) is 6.08 Å². The van der Waals surface area contributed by atoms with Gasteiger partial charge < -0.3 is 19.3 Å². The Bertz CT molecular complexity index is 724. The van der Waals surface area contributed by atoms with E-state index in [1.807, 2.05) is 37.3 Å². The summed E-state index contributed by atoms with van der Waals surface area (Å²) in [7, 11) is 0. The highest BCUT2D eigenvalue weighted by Gasteiger charge is 2.38. The first-order valence-corrected chi connectivity index (χ1v) is 9.89. The molecular weight excluding hydrogens is 372 g/mol. The van der Waals surface area contributed by atoms with Crippen molar-refractivity contribution in [3.05, 3.63) is 60.2 Å². The fourth-order valence-corrected chi connectivity index (χ4v) is 3.39. The van der Waals surface area contributed by atoms with Gasteiger partial charge in [0.05, 0.1) is 30.8 Å². The average Bonchev–Trinajstić information content (AvgIpc) is 2.64. The molecule has 1 aliphatic heterocycles. The predicted molar refractivity (Wildman–Crippen MR) is 109 cm³/mol. The molecule has 0 radical (unpaired) electrons. The zero-order valence-electron chi connectivity index (χ0n) is 17.2. The first-order chi connectivity index (χ1) is 13.8. The lowest BCUT2D eigenvalue weighted by Gasteiger charge is -2.39. The molecule has 1 saturated heterocycles. The van der Waals surface area contributed by atoms with E-state index >= 15 is 0 Å². The standard InChI is InChI=1S/C23H30O6/c1-5-9-19-12-18(13-22(26)27-15(2)3)23(20(29-19)14-21(24)25)28-16(4)17-10-7-6-8-11-17/h5-8,10-11,13,15-16,19-20,23H,1,9,12,14H2,2-4H3,(H,24,25)/b18-13+/t16-,19-,20-,23-/m1/s1. The van der Waals surface area contributed by atoms with Gasteiger partial charge in [-0.1, -0.05) is 36.4 Å². The monoisotopic (exact) mass is 402 g/mol. The molecule has 0 bridgehead atoms. The highest BCUT2D eigenvalue weighted by molar-refractivity contribution is 5.83. The van der Waals surface area contributed by atoms with Crippen molar-refractivity contribution < 1.29 is 28.9 Å². The highest BCUT2D eigenvalue weighted by atomic mass is 16.6. The van der Waals surface area contributed by atoms with Crippen molar-refractivity contribution in [1.29, 1.82) is 0 Å². The van der Waals surface area contributed by atoms with Crippen LogP contribution in [0.4, 0.5) is 0 Å². The molecule has 1 aromatic rings. The highest BCUT2D eigenvalue weighted by Crippen LogP contribution is 2.34. The summed E-state index contributed by atoms with van der Waals surface area (Å²) in [4.78, 5) is 23.7. The van der Waals surface area contributed by atoms with E-state index in [0.29, 0.717) is 18.4 Å². The summed E-state index contributed by atoms with van der Waals surface area (Å²) in [6.45, 7) is 9.19. The van der Waals surface area contributed by atoms with Gasteiger partial charge in [0, 0.05) is 6.08 Å². The Hall–Kier alpha value is -2.44. The first kappa shape index (κ1) is 22.8. The zero-order valence-corrected chi connectivity index (χ0v) is 17.2. The molecule has 0 amide bonds. The molecule has 0 unspecified atom stereocenters. The van der Waals surface area contributed by atoms with Crippen LogP contribution in [0.2, 0.25) is 0 Å². The summed E-state index contributed by atoms with van der Waals surface area (Å²) in [5.74, 6) is -1.45. The number of carboxylic acid groups (broad SMARTS) is 1. The molecule has 0 aliphatic carbocycles. The normalized spacial score (nSPS) is 24.3. The number of rotatable bonds is 9. The summed E-state index contributed by atoms with van der Waals surface area (Å²) in [6.07, 6.45) is 1.73. The van der Waals surface area contributed by atoms with Gasteiger partial charge in [0.2, 0.25) is 0 Å². The number of carboxylic acids is 1. The van der Waals surface area contributed by atoms with Crippen LogP contribution in [-0.4, -0.2) is 41.5 Å². The quantitative estimate of drug-likeness (QED) is 0.378. The molecule has 0 spiro atoms. The average molecular weight is 402 g/mol. The molecule has 4 atom stereocenters. The second-order valence-electron chi connectivity index (χ2n) is 7.44. The molecule has 6 nitrogen and oxygen atoms in total. The molecule has 0 saturated carbocycles. The molecule has 6 heteroatoms. The second kappa shape index (κ2) is 10.9. The second-order valence-corrected chi connectivity index (χ2v) is 7.44. The largest absolute Gasteiger partial charge is 0.481 e. The van der Waals surface area contributed by atoms with Crippen LogP contribution in [0.25, 0.3) is 0 Å². The molecule has 1 aliphatic rings. The number of esters is 1. The van der Waals surface area contributed by atoms with E-state index in [-0.39, 0.29) is 24.7 Å². The zero-order chi connectivity index (χ0) is 21.4. The number of hydrogen-bond donors (Lipinski definition) is 1. The lowest BCUT2D eigenvalue weighted by Crippen LogP contribution is -2.44. The maximum atomic E-state index is 12.3. The Morgan fingerprint density at radius 1 is 1.28 bits per heavy atom. The van der Waals surface area contributed by atoms with Gasteiger partial charge in [-0.15, -0.1) is 6.58 Å². The Balaban J connectivity index is 2.33. The lowest BCUT2D eigenvalue weighted by molar-refractivity contribution is -0.156. The van der Waals surface area contributed by atoms with Gasteiger partial charge in [-0.3, -0.25) is 4.79 Å². The van der Waals surface area contributed by atoms with Gasteiger partial charge in [-0.25, -0.2) is 4.79 Å². The van der Waals surface area contributed by atoms with Crippen molar-refractivity contribution in [3.63, 3.8) is 0 Å². The Morgan fingerprint density at radius 3 is 2.55 bits per heavy atom. The Kier molecular flexibility index (Phi) is 8.61. The third-order valence-corrected chi connectivity index (χ3v) is 4.61. The van der Waals surface area contributed by atoms with E-state index in [4.69, 9.17) is 14.2 Å². The number of benzene rings is 1. The molecule has 1 aromatic carbocycles. The molecule has 0 aromatic heterocycles. The molecule has 1 heterocycles. The van der Waals surface area contributed by atoms with Crippen molar-refractivity contribution in [3.8, 4) is 0 Å². The van der Waals surface area contributed by atoms with Crippen LogP contribution in [-0.2, 0) is 23.8 Å². The van der Waals surface area contributed by atoms with Gasteiger partial charge >= 0.3 is 11.9 Å². The number of carbonyl (C=O) groups excluding carboxylic acids is 1. The van der Waals surface area contributed by atoms with Gasteiger partial charge in [0.1, 0.15) is 6.10 Å². The van der Waals surface area contributed by atoms with Crippen molar-refractivity contribution in [1.82, 2.24) is 0 Å². The van der Waals surface area contributed by atoms with Crippen LogP contribution in [0.1, 0.15) is 51.7 Å². The van der Waals surface area contributed by atoms with Crippen molar-refractivity contribution in [2.45, 2.75) is 70.6 Å². The minimum Gasteiger partial charge on any atom is -0.481 e. The minimum absolute atomic E-state index is 0.226.